The minimum absolute atomic E-state index is 0.134. The topological polar surface area (TPSA) is 73.0 Å². The van der Waals surface area contributed by atoms with Crippen molar-refractivity contribution in [1.82, 2.24) is 20.3 Å². The summed E-state index contributed by atoms with van der Waals surface area (Å²) in [7, 11) is 0. The zero-order valence-electron chi connectivity index (χ0n) is 13.1. The number of hydrogen-bond donors (Lipinski definition) is 1. The van der Waals surface area contributed by atoms with Crippen molar-refractivity contribution in [3.05, 3.63) is 34.5 Å². The molecule has 0 spiro atoms. The number of aryl methyl sites for hydroxylation is 1. The maximum absolute atomic E-state index is 13.1. The molecule has 6 nitrogen and oxygen atoms in total. The maximum atomic E-state index is 13.1. The molecule has 0 radical (unpaired) electrons. The molecule has 0 saturated carbocycles. The van der Waals surface area contributed by atoms with E-state index in [1.165, 1.54) is 4.68 Å². The van der Waals surface area contributed by atoms with Crippen molar-refractivity contribution >= 4 is 5.91 Å². The highest BCUT2D eigenvalue weighted by Crippen LogP contribution is 2.35. The lowest BCUT2D eigenvalue weighted by atomic mass is 9.95. The lowest BCUT2D eigenvalue weighted by molar-refractivity contribution is -0.142. The number of nitrogens with zero attached hydrogens (tertiary/aromatic N) is 3. The van der Waals surface area contributed by atoms with Gasteiger partial charge in [-0.1, -0.05) is 5.16 Å². The summed E-state index contributed by atoms with van der Waals surface area (Å²) in [4.78, 5) is 12.0. The van der Waals surface area contributed by atoms with Crippen LogP contribution in [-0.2, 0) is 36.9 Å². The molecule has 0 saturated heterocycles. The van der Waals surface area contributed by atoms with E-state index in [-0.39, 0.29) is 18.7 Å². The molecule has 130 valence electrons. The fraction of sp³-hybridized carbons (Fsp3) is 0.533. The van der Waals surface area contributed by atoms with Crippen LogP contribution in [0.4, 0.5) is 13.2 Å². The molecule has 0 unspecified atom stereocenters. The molecule has 1 aliphatic rings. The van der Waals surface area contributed by atoms with Gasteiger partial charge in [-0.3, -0.25) is 9.48 Å². The van der Waals surface area contributed by atoms with E-state index in [9.17, 15) is 18.0 Å². The summed E-state index contributed by atoms with van der Waals surface area (Å²) in [5.74, 6) is 0.0629. The highest BCUT2D eigenvalue weighted by Gasteiger charge is 2.39. The predicted molar refractivity (Wildman–Crippen MR) is 77.0 cm³/mol. The summed E-state index contributed by atoms with van der Waals surface area (Å²) in [5.41, 5.74) is 0.567. The Morgan fingerprint density at radius 1 is 1.38 bits per heavy atom. The Morgan fingerprint density at radius 3 is 2.79 bits per heavy atom. The van der Waals surface area contributed by atoms with Gasteiger partial charge in [0.1, 0.15) is 6.54 Å². The molecule has 1 amide bonds. The molecule has 1 aliphatic carbocycles. The lowest BCUT2D eigenvalue weighted by Crippen LogP contribution is -2.28. The molecule has 0 fully saturated rings. The number of carbonyl (C=O) groups excluding carboxylic acids is 1. The zero-order valence-corrected chi connectivity index (χ0v) is 13.1. The van der Waals surface area contributed by atoms with Crippen LogP contribution in [0.15, 0.2) is 10.6 Å². The molecule has 0 aliphatic heterocycles. The first-order chi connectivity index (χ1) is 11.3. The Labute approximate surface area is 136 Å². The monoisotopic (exact) mass is 342 g/mol. The number of nitrogens with one attached hydrogen (secondary N) is 1. The second-order valence-corrected chi connectivity index (χ2v) is 5.85. The smallest absolute Gasteiger partial charge is 0.359 e. The van der Waals surface area contributed by atoms with Crippen molar-refractivity contribution in [2.45, 2.75) is 51.9 Å². The summed E-state index contributed by atoms with van der Waals surface area (Å²) >= 11 is 0. The van der Waals surface area contributed by atoms with Crippen molar-refractivity contribution < 1.29 is 22.5 Å². The Kier molecular flexibility index (Phi) is 4.33. The van der Waals surface area contributed by atoms with Crippen molar-refractivity contribution in [2.24, 2.45) is 0 Å². The third-order valence-electron chi connectivity index (χ3n) is 3.96. The lowest BCUT2D eigenvalue weighted by Gasteiger charge is -2.14. The van der Waals surface area contributed by atoms with E-state index < -0.39 is 17.8 Å². The Hall–Kier alpha value is -2.32. The molecule has 24 heavy (non-hydrogen) atoms. The standard InChI is InChI=1S/C15H17F3N4O2/c1-9-6-10(24-21-9)7-19-13(23)8-22-12-5-3-2-4-11(12)14(20-22)15(16,17)18/h6H,2-5,7-8H2,1H3,(H,19,23). The van der Waals surface area contributed by atoms with Crippen LogP contribution in [-0.4, -0.2) is 20.8 Å². The van der Waals surface area contributed by atoms with Crippen LogP contribution in [0.1, 0.15) is 41.2 Å². The average molecular weight is 342 g/mol. The third kappa shape index (κ3) is 3.44. The van der Waals surface area contributed by atoms with Crippen molar-refractivity contribution in [1.29, 1.82) is 0 Å². The van der Waals surface area contributed by atoms with Crippen LogP contribution in [0.5, 0.6) is 0 Å². The molecule has 9 heteroatoms. The van der Waals surface area contributed by atoms with Crippen LogP contribution >= 0.6 is 0 Å². The molecule has 2 heterocycles. The highest BCUT2D eigenvalue weighted by molar-refractivity contribution is 5.75. The number of alkyl halides is 3. The fourth-order valence-electron chi connectivity index (χ4n) is 2.91. The number of halogens is 3. The summed E-state index contributed by atoms with van der Waals surface area (Å²) in [5, 5.41) is 9.96. The van der Waals surface area contributed by atoms with E-state index >= 15 is 0 Å². The van der Waals surface area contributed by atoms with Gasteiger partial charge < -0.3 is 9.84 Å². The highest BCUT2D eigenvalue weighted by atomic mass is 19.4. The first-order valence-electron chi connectivity index (χ1n) is 7.69. The van der Waals surface area contributed by atoms with Gasteiger partial charge in [0.05, 0.1) is 12.2 Å². The van der Waals surface area contributed by atoms with E-state index in [2.05, 4.69) is 15.6 Å². The van der Waals surface area contributed by atoms with Crippen LogP contribution in [0.25, 0.3) is 0 Å². The molecule has 1 N–H and O–H groups in total. The Balaban J connectivity index is 1.72. The summed E-state index contributed by atoms with van der Waals surface area (Å²) in [6.07, 6.45) is -2.13. The molecular weight excluding hydrogens is 325 g/mol. The van der Waals surface area contributed by atoms with Gasteiger partial charge in [-0.25, -0.2) is 0 Å². The minimum Gasteiger partial charge on any atom is -0.359 e. The molecule has 2 aromatic rings. The fourth-order valence-corrected chi connectivity index (χ4v) is 2.91. The molecule has 3 rings (SSSR count). The van der Waals surface area contributed by atoms with Gasteiger partial charge in [-0.05, 0) is 32.6 Å². The van der Waals surface area contributed by atoms with Crippen molar-refractivity contribution in [3.8, 4) is 0 Å². The molecule has 0 bridgehead atoms. The van der Waals surface area contributed by atoms with E-state index in [1.807, 2.05) is 0 Å². The van der Waals surface area contributed by atoms with Gasteiger partial charge in [0.15, 0.2) is 11.5 Å². The second-order valence-electron chi connectivity index (χ2n) is 5.85. The molecule has 0 aromatic carbocycles. The van der Waals surface area contributed by atoms with E-state index in [0.717, 1.165) is 6.42 Å². The van der Waals surface area contributed by atoms with Gasteiger partial charge in [-0.2, -0.15) is 18.3 Å². The molecule has 0 atom stereocenters. The number of carbonyl (C=O) groups is 1. The predicted octanol–water partition coefficient (Wildman–Crippen LogP) is 2.39. The quantitative estimate of drug-likeness (QED) is 0.926. The van der Waals surface area contributed by atoms with Gasteiger partial charge >= 0.3 is 6.18 Å². The number of amides is 1. The largest absolute Gasteiger partial charge is 0.435 e. The van der Waals surface area contributed by atoms with Crippen molar-refractivity contribution in [2.75, 3.05) is 0 Å². The second kappa shape index (κ2) is 6.29. The molecular formula is C15H17F3N4O2. The van der Waals surface area contributed by atoms with Crippen LogP contribution in [0.2, 0.25) is 0 Å². The van der Waals surface area contributed by atoms with Crippen LogP contribution in [0.3, 0.4) is 0 Å². The first kappa shape index (κ1) is 16.5. The van der Waals surface area contributed by atoms with Gasteiger partial charge in [0.25, 0.3) is 0 Å². The van der Waals surface area contributed by atoms with Crippen LogP contribution in [0, 0.1) is 6.92 Å². The number of rotatable bonds is 4. The Bertz CT molecular complexity index is 748. The van der Waals surface area contributed by atoms with Gasteiger partial charge in [-0.15, -0.1) is 0 Å². The van der Waals surface area contributed by atoms with E-state index in [0.29, 0.717) is 36.4 Å². The van der Waals surface area contributed by atoms with E-state index in [1.54, 1.807) is 13.0 Å². The Morgan fingerprint density at radius 2 is 2.12 bits per heavy atom. The normalized spacial score (nSPS) is 14.5. The number of fused-ring (bicyclic) bond motifs is 1. The number of aromatic nitrogens is 3. The maximum Gasteiger partial charge on any atom is 0.435 e. The van der Waals surface area contributed by atoms with E-state index in [4.69, 9.17) is 4.52 Å². The van der Waals surface area contributed by atoms with Crippen molar-refractivity contribution in [3.63, 3.8) is 0 Å². The van der Waals surface area contributed by atoms with Gasteiger partial charge in [0, 0.05) is 17.3 Å². The number of hydrogen-bond acceptors (Lipinski definition) is 4. The third-order valence-corrected chi connectivity index (χ3v) is 3.96. The SMILES string of the molecule is Cc1cc(CNC(=O)Cn2nc(C(F)(F)F)c3c2CCCC3)on1. The minimum atomic E-state index is -4.50. The molecule has 2 aromatic heterocycles. The summed E-state index contributed by atoms with van der Waals surface area (Å²) in [6, 6.07) is 1.68. The van der Waals surface area contributed by atoms with Gasteiger partial charge in [0.2, 0.25) is 5.91 Å². The zero-order chi connectivity index (χ0) is 17.3. The average Bonchev–Trinajstić information content (AvgIpc) is 3.09. The summed E-state index contributed by atoms with van der Waals surface area (Å²) in [6.45, 7) is 1.64. The van der Waals surface area contributed by atoms with Crippen LogP contribution < -0.4 is 5.32 Å². The summed E-state index contributed by atoms with van der Waals surface area (Å²) < 4.78 is 45.5. The first-order valence-corrected chi connectivity index (χ1v) is 7.69.